The van der Waals surface area contributed by atoms with Gasteiger partial charge in [-0.3, -0.25) is 9.59 Å². The number of carbonyl (C=O) groups excluding carboxylic acids is 2. The number of hydrogen-bond donors (Lipinski definition) is 2. The van der Waals surface area contributed by atoms with E-state index in [1.165, 1.54) is 12.1 Å². The number of ether oxygens (including phenoxy) is 1. The highest BCUT2D eigenvalue weighted by atomic mass is 35.5. The number of halogens is 2. The van der Waals surface area contributed by atoms with E-state index in [-0.39, 0.29) is 5.02 Å². The van der Waals surface area contributed by atoms with E-state index in [1.54, 1.807) is 6.07 Å². The van der Waals surface area contributed by atoms with Crippen molar-refractivity contribution in [3.8, 4) is 0 Å². The summed E-state index contributed by atoms with van der Waals surface area (Å²) in [5.41, 5.74) is 0.338. The van der Waals surface area contributed by atoms with Gasteiger partial charge in [-0.15, -0.1) is 0 Å². The van der Waals surface area contributed by atoms with Gasteiger partial charge in [0.05, 0.1) is 10.7 Å². The van der Waals surface area contributed by atoms with Gasteiger partial charge in [0, 0.05) is 24.8 Å². The van der Waals surface area contributed by atoms with Crippen LogP contribution in [0.5, 0.6) is 0 Å². The zero-order valence-electron chi connectivity index (χ0n) is 11.0. The van der Waals surface area contributed by atoms with E-state index >= 15 is 0 Å². The Hall–Kier alpha value is -1.30. The molecule has 0 heterocycles. The summed E-state index contributed by atoms with van der Waals surface area (Å²) in [6, 6.07) is 4.59. The average molecular weight is 319 g/mol. The normalized spacial score (nSPS) is 10.2. The Bertz CT molecular complexity index is 481. The minimum absolute atomic E-state index is 0.273. The van der Waals surface area contributed by atoms with Crippen LogP contribution in [0.2, 0.25) is 10.0 Å². The second-order valence-electron chi connectivity index (χ2n) is 3.88. The summed E-state index contributed by atoms with van der Waals surface area (Å²) in [5, 5.41) is 5.63. The molecule has 0 atom stereocenters. The van der Waals surface area contributed by atoms with Gasteiger partial charge in [0.15, 0.2) is 0 Å². The van der Waals surface area contributed by atoms with Gasteiger partial charge in [-0.2, -0.15) is 0 Å². The molecular formula is C13H16Cl2N2O3. The van der Waals surface area contributed by atoms with Gasteiger partial charge < -0.3 is 15.4 Å². The predicted octanol–water partition coefficient (Wildman–Crippen LogP) is 2.47. The fraction of sp³-hybridized carbons (Fsp3) is 0.385. The molecule has 1 aromatic carbocycles. The molecule has 110 valence electrons. The van der Waals surface area contributed by atoms with E-state index in [1.807, 2.05) is 6.92 Å². The van der Waals surface area contributed by atoms with Crippen molar-refractivity contribution in [1.29, 1.82) is 0 Å². The molecule has 5 nitrogen and oxygen atoms in total. The third-order valence-electron chi connectivity index (χ3n) is 2.34. The molecule has 0 radical (unpaired) electrons. The summed E-state index contributed by atoms with van der Waals surface area (Å²) in [6.07, 6.45) is 0.647. The second-order valence-corrected chi connectivity index (χ2v) is 4.73. The molecule has 0 aliphatic heterocycles. The topological polar surface area (TPSA) is 67.4 Å². The maximum atomic E-state index is 11.6. The molecule has 0 spiro atoms. The number of carbonyl (C=O) groups is 2. The Morgan fingerprint density at radius 1 is 1.25 bits per heavy atom. The largest absolute Gasteiger partial charge is 0.382 e. The third kappa shape index (κ3) is 5.77. The lowest BCUT2D eigenvalue weighted by atomic mass is 10.3. The molecule has 0 aliphatic carbocycles. The lowest BCUT2D eigenvalue weighted by Crippen LogP contribution is -2.36. The van der Waals surface area contributed by atoms with Crippen LogP contribution in [-0.2, 0) is 14.3 Å². The number of nitrogens with one attached hydrogen (secondary N) is 2. The second kappa shape index (κ2) is 8.79. The van der Waals surface area contributed by atoms with E-state index in [2.05, 4.69) is 10.6 Å². The molecule has 0 unspecified atom stereocenters. The molecule has 2 amide bonds. The number of hydrogen-bond acceptors (Lipinski definition) is 3. The van der Waals surface area contributed by atoms with Crippen LogP contribution in [0.3, 0.4) is 0 Å². The van der Waals surface area contributed by atoms with Gasteiger partial charge in [-0.1, -0.05) is 23.2 Å². The molecule has 0 aliphatic rings. The van der Waals surface area contributed by atoms with Gasteiger partial charge >= 0.3 is 11.8 Å². The quantitative estimate of drug-likeness (QED) is 0.625. The third-order valence-corrected chi connectivity index (χ3v) is 2.89. The molecule has 7 heteroatoms. The van der Waals surface area contributed by atoms with E-state index < -0.39 is 11.8 Å². The van der Waals surface area contributed by atoms with Crippen molar-refractivity contribution in [2.24, 2.45) is 0 Å². The van der Waals surface area contributed by atoms with Crippen LogP contribution in [0.4, 0.5) is 5.69 Å². The van der Waals surface area contributed by atoms with E-state index in [0.717, 1.165) is 0 Å². The standard InChI is InChI=1S/C13H16Cl2N2O3/c1-2-20-7-3-6-16-12(18)13(19)17-11-5-4-9(14)8-10(11)15/h4-5,8H,2-3,6-7H2,1H3,(H,16,18)(H,17,19). The molecule has 2 N–H and O–H groups in total. The number of rotatable bonds is 6. The van der Waals surface area contributed by atoms with Crippen molar-refractivity contribution >= 4 is 40.7 Å². The summed E-state index contributed by atoms with van der Waals surface area (Å²) in [4.78, 5) is 23.1. The van der Waals surface area contributed by atoms with Gasteiger partial charge in [-0.05, 0) is 31.5 Å². The molecule has 0 fully saturated rings. The molecule has 0 bridgehead atoms. The molecule has 0 aromatic heterocycles. The zero-order chi connectivity index (χ0) is 15.0. The smallest absolute Gasteiger partial charge is 0.313 e. The maximum Gasteiger partial charge on any atom is 0.313 e. The monoisotopic (exact) mass is 318 g/mol. The summed E-state index contributed by atoms with van der Waals surface area (Å²) in [7, 11) is 0. The van der Waals surface area contributed by atoms with Crippen LogP contribution >= 0.6 is 23.2 Å². The number of anilines is 1. The minimum atomic E-state index is -0.773. The van der Waals surface area contributed by atoms with E-state index in [9.17, 15) is 9.59 Å². The lowest BCUT2D eigenvalue weighted by Gasteiger charge is -2.08. The summed E-state index contributed by atoms with van der Waals surface area (Å²) < 4.78 is 5.12. The van der Waals surface area contributed by atoms with E-state index in [4.69, 9.17) is 27.9 Å². The molecule has 0 saturated heterocycles. The Morgan fingerprint density at radius 3 is 2.65 bits per heavy atom. The van der Waals surface area contributed by atoms with Crippen LogP contribution in [0.25, 0.3) is 0 Å². The minimum Gasteiger partial charge on any atom is -0.382 e. The highest BCUT2D eigenvalue weighted by Crippen LogP contribution is 2.25. The van der Waals surface area contributed by atoms with Crippen LogP contribution < -0.4 is 10.6 Å². The Labute approximate surface area is 127 Å². The van der Waals surface area contributed by atoms with Crippen molar-refractivity contribution < 1.29 is 14.3 Å². The lowest BCUT2D eigenvalue weighted by molar-refractivity contribution is -0.136. The molecule has 1 aromatic rings. The molecule has 1 rings (SSSR count). The van der Waals surface area contributed by atoms with Crippen LogP contribution in [0, 0.1) is 0 Å². The average Bonchev–Trinajstić information content (AvgIpc) is 2.41. The first-order valence-corrected chi connectivity index (χ1v) is 6.92. The number of amides is 2. The van der Waals surface area contributed by atoms with Crippen molar-refractivity contribution in [3.63, 3.8) is 0 Å². The number of benzene rings is 1. The predicted molar refractivity (Wildman–Crippen MR) is 79.2 cm³/mol. The van der Waals surface area contributed by atoms with E-state index in [0.29, 0.717) is 36.9 Å². The fourth-order valence-corrected chi connectivity index (χ4v) is 1.83. The molecule has 0 saturated carbocycles. The molecule has 20 heavy (non-hydrogen) atoms. The maximum absolute atomic E-state index is 11.6. The summed E-state index contributed by atoms with van der Waals surface area (Å²) in [6.45, 7) is 3.44. The van der Waals surface area contributed by atoms with Crippen molar-refractivity contribution in [2.45, 2.75) is 13.3 Å². The Morgan fingerprint density at radius 2 is 2.00 bits per heavy atom. The Balaban J connectivity index is 2.39. The molecular weight excluding hydrogens is 303 g/mol. The Kier molecular flexibility index (Phi) is 7.36. The van der Waals surface area contributed by atoms with Gasteiger partial charge in [0.25, 0.3) is 0 Å². The summed E-state index contributed by atoms with van der Waals surface area (Å²) in [5.74, 6) is -1.49. The van der Waals surface area contributed by atoms with Crippen molar-refractivity contribution in [3.05, 3.63) is 28.2 Å². The first kappa shape index (κ1) is 16.8. The first-order chi connectivity index (χ1) is 9.54. The van der Waals surface area contributed by atoms with Crippen molar-refractivity contribution in [2.75, 3.05) is 25.1 Å². The van der Waals surface area contributed by atoms with Crippen LogP contribution in [-0.4, -0.2) is 31.6 Å². The van der Waals surface area contributed by atoms with Crippen molar-refractivity contribution in [1.82, 2.24) is 5.32 Å². The van der Waals surface area contributed by atoms with Gasteiger partial charge in [-0.25, -0.2) is 0 Å². The summed E-state index contributed by atoms with van der Waals surface area (Å²) >= 11 is 11.6. The van der Waals surface area contributed by atoms with Gasteiger partial charge in [0.1, 0.15) is 0 Å². The highest BCUT2D eigenvalue weighted by molar-refractivity contribution is 6.42. The first-order valence-electron chi connectivity index (χ1n) is 6.16. The highest BCUT2D eigenvalue weighted by Gasteiger charge is 2.14. The zero-order valence-corrected chi connectivity index (χ0v) is 12.6. The SMILES string of the molecule is CCOCCCNC(=O)C(=O)Nc1ccc(Cl)cc1Cl. The van der Waals surface area contributed by atoms with Crippen LogP contribution in [0.15, 0.2) is 18.2 Å². The van der Waals surface area contributed by atoms with Gasteiger partial charge in [0.2, 0.25) is 0 Å². The fourth-order valence-electron chi connectivity index (χ4n) is 1.37. The van der Waals surface area contributed by atoms with Crippen LogP contribution in [0.1, 0.15) is 13.3 Å².